The van der Waals surface area contributed by atoms with E-state index in [4.69, 9.17) is 9.47 Å². The van der Waals surface area contributed by atoms with Gasteiger partial charge in [-0.25, -0.2) is 0 Å². The first kappa shape index (κ1) is 18.6. The van der Waals surface area contributed by atoms with Crippen molar-refractivity contribution in [1.29, 1.82) is 0 Å². The fraction of sp³-hybridized carbons (Fsp3) is 0.455. The van der Waals surface area contributed by atoms with Gasteiger partial charge in [-0.05, 0) is 55.0 Å². The minimum absolute atomic E-state index is 0.0952. The van der Waals surface area contributed by atoms with Crippen molar-refractivity contribution in [2.45, 2.75) is 32.2 Å². The molecule has 1 aromatic heterocycles. The molecule has 2 aromatic rings. The first-order valence-corrected chi connectivity index (χ1v) is 9.92. The number of amides is 1. The SMILES string of the molecule is COc1cc2c(cc1OC)CN(c1cncc(C(=O)N3CCCCC3)c1)CC2. The van der Waals surface area contributed by atoms with Crippen LogP contribution in [0.1, 0.15) is 40.7 Å². The van der Waals surface area contributed by atoms with E-state index >= 15 is 0 Å². The molecule has 0 spiro atoms. The Kier molecular flexibility index (Phi) is 5.37. The van der Waals surface area contributed by atoms with Crippen LogP contribution >= 0.6 is 0 Å². The van der Waals surface area contributed by atoms with Crippen LogP contribution in [0.3, 0.4) is 0 Å². The number of carbonyl (C=O) groups is 1. The highest BCUT2D eigenvalue weighted by molar-refractivity contribution is 5.94. The fourth-order valence-corrected chi connectivity index (χ4v) is 4.10. The Morgan fingerprint density at radius 1 is 0.929 bits per heavy atom. The molecule has 4 rings (SSSR count). The van der Waals surface area contributed by atoms with Crippen molar-refractivity contribution in [3.05, 3.63) is 47.3 Å². The lowest BCUT2D eigenvalue weighted by molar-refractivity contribution is 0.0724. The van der Waals surface area contributed by atoms with Crippen LogP contribution < -0.4 is 14.4 Å². The van der Waals surface area contributed by atoms with Gasteiger partial charge in [0.1, 0.15) is 0 Å². The third-order valence-corrected chi connectivity index (χ3v) is 5.70. The molecule has 1 aromatic carbocycles. The van der Waals surface area contributed by atoms with Crippen LogP contribution in [0.2, 0.25) is 0 Å². The van der Waals surface area contributed by atoms with E-state index < -0.39 is 0 Å². The molecule has 0 unspecified atom stereocenters. The first-order chi connectivity index (χ1) is 13.7. The minimum Gasteiger partial charge on any atom is -0.493 e. The van der Waals surface area contributed by atoms with Gasteiger partial charge in [-0.15, -0.1) is 0 Å². The van der Waals surface area contributed by atoms with Gasteiger partial charge in [0.2, 0.25) is 0 Å². The zero-order valence-corrected chi connectivity index (χ0v) is 16.6. The van der Waals surface area contributed by atoms with Crippen LogP contribution in [0.4, 0.5) is 5.69 Å². The Morgan fingerprint density at radius 3 is 2.36 bits per heavy atom. The monoisotopic (exact) mass is 381 g/mol. The highest BCUT2D eigenvalue weighted by Crippen LogP contribution is 2.34. The highest BCUT2D eigenvalue weighted by Gasteiger charge is 2.22. The molecule has 0 aliphatic carbocycles. The summed E-state index contributed by atoms with van der Waals surface area (Å²) in [6.07, 6.45) is 7.84. The average Bonchev–Trinajstić information content (AvgIpc) is 2.77. The van der Waals surface area contributed by atoms with Gasteiger partial charge in [0.15, 0.2) is 11.5 Å². The van der Waals surface area contributed by atoms with Crippen LogP contribution in [0.5, 0.6) is 11.5 Å². The van der Waals surface area contributed by atoms with E-state index in [1.54, 1.807) is 20.4 Å². The summed E-state index contributed by atoms with van der Waals surface area (Å²) in [6.45, 7) is 3.34. The number of nitrogens with zero attached hydrogens (tertiary/aromatic N) is 3. The molecule has 0 bridgehead atoms. The summed E-state index contributed by atoms with van der Waals surface area (Å²) in [4.78, 5) is 21.4. The third-order valence-electron chi connectivity index (χ3n) is 5.70. The predicted octanol–water partition coefficient (Wildman–Crippen LogP) is 3.29. The number of hydrogen-bond acceptors (Lipinski definition) is 5. The lowest BCUT2D eigenvalue weighted by atomic mass is 9.98. The number of pyridine rings is 1. The van der Waals surface area contributed by atoms with E-state index in [1.807, 2.05) is 17.2 Å². The van der Waals surface area contributed by atoms with Gasteiger partial charge >= 0.3 is 0 Å². The number of methoxy groups -OCH3 is 2. The molecule has 0 atom stereocenters. The lowest BCUT2D eigenvalue weighted by Crippen LogP contribution is -2.36. The molecule has 6 nitrogen and oxygen atoms in total. The quantitative estimate of drug-likeness (QED) is 0.813. The number of benzene rings is 1. The van der Waals surface area contributed by atoms with Gasteiger partial charge < -0.3 is 19.3 Å². The van der Waals surface area contributed by atoms with Crippen molar-refractivity contribution in [3.63, 3.8) is 0 Å². The van der Waals surface area contributed by atoms with E-state index in [0.29, 0.717) is 5.56 Å². The van der Waals surface area contributed by atoms with Crippen LogP contribution in [0.15, 0.2) is 30.6 Å². The van der Waals surface area contributed by atoms with Crippen LogP contribution in [0.25, 0.3) is 0 Å². The van der Waals surface area contributed by atoms with Crippen molar-refractivity contribution < 1.29 is 14.3 Å². The number of piperidine rings is 1. The zero-order valence-electron chi connectivity index (χ0n) is 16.6. The highest BCUT2D eigenvalue weighted by atomic mass is 16.5. The largest absolute Gasteiger partial charge is 0.493 e. The van der Waals surface area contributed by atoms with Crippen molar-refractivity contribution in [2.75, 3.05) is 38.8 Å². The summed E-state index contributed by atoms with van der Waals surface area (Å²) < 4.78 is 10.9. The maximum atomic E-state index is 12.8. The standard InChI is InChI=1S/C22H27N3O3/c1-27-20-11-16-6-9-25(15-18(16)12-21(20)28-2)19-10-17(13-23-14-19)22(26)24-7-4-3-5-8-24/h10-14H,3-9,15H2,1-2H3. The van der Waals surface area contributed by atoms with Gasteiger partial charge in [0.05, 0.1) is 31.7 Å². The van der Waals surface area contributed by atoms with Crippen molar-refractivity contribution in [1.82, 2.24) is 9.88 Å². The van der Waals surface area contributed by atoms with E-state index in [0.717, 1.165) is 62.6 Å². The van der Waals surface area contributed by atoms with Crippen molar-refractivity contribution in [2.24, 2.45) is 0 Å². The molecule has 2 aliphatic rings. The number of hydrogen-bond donors (Lipinski definition) is 0. The Labute approximate surface area is 166 Å². The van der Waals surface area contributed by atoms with Gasteiger partial charge in [-0.2, -0.15) is 0 Å². The van der Waals surface area contributed by atoms with Gasteiger partial charge in [0.25, 0.3) is 5.91 Å². The number of rotatable bonds is 4. The summed E-state index contributed by atoms with van der Waals surface area (Å²) in [7, 11) is 3.32. The van der Waals surface area contributed by atoms with E-state index in [2.05, 4.69) is 22.0 Å². The second-order valence-corrected chi connectivity index (χ2v) is 7.43. The number of carbonyl (C=O) groups excluding carboxylic acids is 1. The molecule has 0 saturated carbocycles. The van der Waals surface area contributed by atoms with Crippen molar-refractivity contribution >= 4 is 11.6 Å². The van der Waals surface area contributed by atoms with Crippen LogP contribution in [-0.2, 0) is 13.0 Å². The number of anilines is 1. The molecule has 1 fully saturated rings. The van der Waals surface area contributed by atoms with Gasteiger partial charge in [-0.1, -0.05) is 0 Å². The molecule has 3 heterocycles. The van der Waals surface area contributed by atoms with E-state index in [1.165, 1.54) is 17.5 Å². The van der Waals surface area contributed by atoms with Crippen LogP contribution in [-0.4, -0.2) is 49.6 Å². The van der Waals surface area contributed by atoms with Crippen LogP contribution in [0, 0.1) is 0 Å². The Bertz CT molecular complexity index is 862. The second kappa shape index (κ2) is 8.09. The molecule has 0 N–H and O–H groups in total. The number of fused-ring (bicyclic) bond motifs is 1. The smallest absolute Gasteiger partial charge is 0.255 e. The maximum absolute atomic E-state index is 12.8. The molecule has 28 heavy (non-hydrogen) atoms. The minimum atomic E-state index is 0.0952. The Hall–Kier alpha value is -2.76. The van der Waals surface area contributed by atoms with Crippen molar-refractivity contribution in [3.8, 4) is 11.5 Å². The lowest BCUT2D eigenvalue weighted by Gasteiger charge is -2.32. The summed E-state index contributed by atoms with van der Waals surface area (Å²) in [5.41, 5.74) is 4.17. The summed E-state index contributed by atoms with van der Waals surface area (Å²) in [5.74, 6) is 1.61. The normalized spacial score (nSPS) is 16.5. The number of likely N-dealkylation sites (tertiary alicyclic amines) is 1. The van der Waals surface area contributed by atoms with Gasteiger partial charge in [0, 0.05) is 32.4 Å². The molecular weight excluding hydrogens is 354 g/mol. The van der Waals surface area contributed by atoms with Gasteiger partial charge in [-0.3, -0.25) is 9.78 Å². The van der Waals surface area contributed by atoms with E-state index in [-0.39, 0.29) is 5.91 Å². The molecule has 1 saturated heterocycles. The summed E-state index contributed by atoms with van der Waals surface area (Å²) >= 11 is 0. The average molecular weight is 381 g/mol. The summed E-state index contributed by atoms with van der Waals surface area (Å²) in [5, 5.41) is 0. The molecular formula is C22H27N3O3. The molecule has 0 radical (unpaired) electrons. The topological polar surface area (TPSA) is 54.9 Å². The fourth-order valence-electron chi connectivity index (χ4n) is 4.10. The molecule has 6 heteroatoms. The third kappa shape index (κ3) is 3.63. The zero-order chi connectivity index (χ0) is 19.5. The molecule has 148 valence electrons. The first-order valence-electron chi connectivity index (χ1n) is 9.92. The second-order valence-electron chi connectivity index (χ2n) is 7.43. The summed E-state index contributed by atoms with van der Waals surface area (Å²) in [6, 6.07) is 6.10. The maximum Gasteiger partial charge on any atom is 0.255 e. The predicted molar refractivity (Wildman–Crippen MR) is 108 cm³/mol. The Balaban J connectivity index is 1.55. The Morgan fingerprint density at radius 2 is 1.64 bits per heavy atom. The van der Waals surface area contributed by atoms with E-state index in [9.17, 15) is 4.79 Å². The molecule has 1 amide bonds. The molecule has 2 aliphatic heterocycles. The number of aromatic nitrogens is 1. The number of ether oxygens (including phenoxy) is 2.